The third-order valence-electron chi connectivity index (χ3n) is 2.34. The van der Waals surface area contributed by atoms with Crippen molar-refractivity contribution in [3.63, 3.8) is 0 Å². The van der Waals surface area contributed by atoms with E-state index in [-0.39, 0.29) is 17.7 Å². The normalized spacial score (nSPS) is 11.9. The minimum atomic E-state index is -0.189. The van der Waals surface area contributed by atoms with Crippen molar-refractivity contribution < 1.29 is 9.90 Å². The van der Waals surface area contributed by atoms with Gasteiger partial charge < -0.3 is 16.2 Å². The summed E-state index contributed by atoms with van der Waals surface area (Å²) in [6.07, 6.45) is 0.470. The first-order valence-electron chi connectivity index (χ1n) is 5.29. The lowest BCUT2D eigenvalue weighted by molar-refractivity contribution is 0.0940. The molecular weight excluding hydrogens is 236 g/mol. The van der Waals surface area contributed by atoms with E-state index in [4.69, 9.17) is 18.0 Å². The summed E-state index contributed by atoms with van der Waals surface area (Å²) in [5, 5.41) is 12.1. The van der Waals surface area contributed by atoms with Crippen LogP contribution in [0.1, 0.15) is 29.3 Å². The fourth-order valence-electron chi connectivity index (χ4n) is 1.56. The van der Waals surface area contributed by atoms with Crippen molar-refractivity contribution in [3.8, 4) is 5.75 Å². The van der Waals surface area contributed by atoms with Crippen LogP contribution in [0.5, 0.6) is 5.75 Å². The molecule has 0 aliphatic heterocycles. The number of aryl methyl sites for hydroxylation is 1. The molecule has 4 N–H and O–H groups in total. The molecule has 0 bridgehead atoms. The zero-order chi connectivity index (χ0) is 13.0. The van der Waals surface area contributed by atoms with Gasteiger partial charge in [0.2, 0.25) is 0 Å². The number of rotatable bonds is 4. The Morgan fingerprint density at radius 3 is 2.76 bits per heavy atom. The first-order chi connectivity index (χ1) is 7.90. The highest BCUT2D eigenvalue weighted by Crippen LogP contribution is 2.15. The van der Waals surface area contributed by atoms with Crippen LogP contribution in [0.2, 0.25) is 0 Å². The predicted molar refractivity (Wildman–Crippen MR) is 71.2 cm³/mol. The van der Waals surface area contributed by atoms with Gasteiger partial charge in [0, 0.05) is 18.0 Å². The fraction of sp³-hybridized carbons (Fsp3) is 0.333. The van der Waals surface area contributed by atoms with Crippen LogP contribution in [0.4, 0.5) is 0 Å². The number of hydrogen-bond acceptors (Lipinski definition) is 3. The topological polar surface area (TPSA) is 75.3 Å². The van der Waals surface area contributed by atoms with Gasteiger partial charge in [-0.3, -0.25) is 4.79 Å². The van der Waals surface area contributed by atoms with Gasteiger partial charge in [-0.2, -0.15) is 0 Å². The molecular formula is C12H16N2O2S. The number of amides is 1. The summed E-state index contributed by atoms with van der Waals surface area (Å²) in [5.74, 6) is -0.0403. The van der Waals surface area contributed by atoms with Crippen LogP contribution in [0.25, 0.3) is 0 Å². The predicted octanol–water partition coefficient (Wildman–Crippen LogP) is 1.50. The second-order valence-electron chi connectivity index (χ2n) is 4.04. The second-order valence-corrected chi connectivity index (χ2v) is 4.57. The molecule has 17 heavy (non-hydrogen) atoms. The highest BCUT2D eigenvalue weighted by Gasteiger charge is 2.12. The fourth-order valence-corrected chi connectivity index (χ4v) is 1.81. The van der Waals surface area contributed by atoms with Gasteiger partial charge in [-0.25, -0.2) is 0 Å². The van der Waals surface area contributed by atoms with E-state index in [0.717, 1.165) is 5.56 Å². The molecule has 0 aliphatic rings. The van der Waals surface area contributed by atoms with E-state index in [1.165, 1.54) is 6.07 Å². The van der Waals surface area contributed by atoms with E-state index < -0.39 is 0 Å². The third-order valence-corrected chi connectivity index (χ3v) is 2.51. The van der Waals surface area contributed by atoms with Gasteiger partial charge in [-0.15, -0.1) is 0 Å². The van der Waals surface area contributed by atoms with Gasteiger partial charge in [0.15, 0.2) is 0 Å². The molecule has 92 valence electrons. The third kappa shape index (κ3) is 4.03. The first-order valence-corrected chi connectivity index (χ1v) is 5.69. The lowest BCUT2D eigenvalue weighted by Crippen LogP contribution is -2.35. The number of carbonyl (C=O) groups excluding carboxylic acids is 1. The Bertz CT molecular complexity index is 446. The summed E-state index contributed by atoms with van der Waals surface area (Å²) >= 11 is 4.78. The molecule has 0 spiro atoms. The van der Waals surface area contributed by atoms with Crippen LogP contribution in [0.15, 0.2) is 18.2 Å². The van der Waals surface area contributed by atoms with Crippen molar-refractivity contribution in [2.24, 2.45) is 5.73 Å². The van der Waals surface area contributed by atoms with Crippen molar-refractivity contribution in [3.05, 3.63) is 29.3 Å². The van der Waals surface area contributed by atoms with E-state index in [1.807, 2.05) is 6.92 Å². The van der Waals surface area contributed by atoms with Crippen LogP contribution >= 0.6 is 12.2 Å². The Morgan fingerprint density at radius 1 is 1.59 bits per heavy atom. The molecule has 0 aliphatic carbocycles. The summed E-state index contributed by atoms with van der Waals surface area (Å²) in [5.41, 5.74) is 6.67. The van der Waals surface area contributed by atoms with Gasteiger partial charge in [0.25, 0.3) is 5.91 Å². The molecule has 1 aromatic carbocycles. The molecule has 1 amide bonds. The van der Waals surface area contributed by atoms with E-state index in [1.54, 1.807) is 19.1 Å². The molecule has 0 saturated heterocycles. The minimum absolute atomic E-state index is 0.104. The van der Waals surface area contributed by atoms with E-state index in [2.05, 4.69) is 5.32 Å². The van der Waals surface area contributed by atoms with Gasteiger partial charge in [-0.1, -0.05) is 12.2 Å². The number of benzene rings is 1. The lowest BCUT2D eigenvalue weighted by Gasteiger charge is -2.14. The minimum Gasteiger partial charge on any atom is -0.508 e. The molecule has 0 aromatic heterocycles. The van der Waals surface area contributed by atoms with E-state index >= 15 is 0 Å². The van der Waals surface area contributed by atoms with Gasteiger partial charge >= 0.3 is 0 Å². The molecule has 0 radical (unpaired) electrons. The van der Waals surface area contributed by atoms with Crippen molar-refractivity contribution in [1.29, 1.82) is 0 Å². The Hall–Kier alpha value is -1.62. The molecule has 1 atom stereocenters. The maximum atomic E-state index is 11.9. The second kappa shape index (κ2) is 5.63. The summed E-state index contributed by atoms with van der Waals surface area (Å²) in [6.45, 7) is 3.61. The molecule has 1 aromatic rings. The van der Waals surface area contributed by atoms with Crippen molar-refractivity contribution >= 4 is 23.1 Å². The molecule has 0 saturated carbocycles. The Balaban J connectivity index is 2.73. The largest absolute Gasteiger partial charge is 0.508 e. The molecule has 1 rings (SSSR count). The number of carbonyl (C=O) groups is 1. The van der Waals surface area contributed by atoms with Crippen LogP contribution < -0.4 is 11.1 Å². The number of hydrogen-bond donors (Lipinski definition) is 3. The van der Waals surface area contributed by atoms with Crippen LogP contribution in [-0.2, 0) is 0 Å². The number of thiocarbonyl (C=S) groups is 1. The van der Waals surface area contributed by atoms with Crippen molar-refractivity contribution in [2.75, 3.05) is 0 Å². The maximum Gasteiger partial charge on any atom is 0.251 e. The zero-order valence-electron chi connectivity index (χ0n) is 9.86. The Labute approximate surface area is 106 Å². The highest BCUT2D eigenvalue weighted by atomic mass is 32.1. The standard InChI is InChI=1S/C12H16N2O2S/c1-7-5-9(15)3-4-10(7)12(16)14-8(2)6-11(13)17/h3-5,8,15H,6H2,1-2H3,(H2,13,17)(H,14,16). The van der Waals surface area contributed by atoms with Crippen LogP contribution in [-0.4, -0.2) is 22.0 Å². The van der Waals surface area contributed by atoms with Gasteiger partial charge in [0.1, 0.15) is 5.75 Å². The molecule has 0 heterocycles. The molecule has 0 fully saturated rings. The van der Waals surface area contributed by atoms with Gasteiger partial charge in [0.05, 0.1) is 4.99 Å². The summed E-state index contributed by atoms with van der Waals surface area (Å²) in [6, 6.07) is 4.52. The average molecular weight is 252 g/mol. The van der Waals surface area contributed by atoms with E-state index in [9.17, 15) is 9.90 Å². The number of aromatic hydroxyl groups is 1. The number of nitrogens with one attached hydrogen (secondary N) is 1. The molecule has 5 heteroatoms. The smallest absolute Gasteiger partial charge is 0.251 e. The number of nitrogens with two attached hydrogens (primary N) is 1. The number of phenolic OH excluding ortho intramolecular Hbond substituents is 1. The lowest BCUT2D eigenvalue weighted by atomic mass is 10.1. The van der Waals surface area contributed by atoms with E-state index in [0.29, 0.717) is 17.0 Å². The SMILES string of the molecule is Cc1cc(O)ccc1C(=O)NC(C)CC(N)=S. The van der Waals surface area contributed by atoms with Crippen molar-refractivity contribution in [1.82, 2.24) is 5.32 Å². The highest BCUT2D eigenvalue weighted by molar-refractivity contribution is 7.80. The monoisotopic (exact) mass is 252 g/mol. The van der Waals surface area contributed by atoms with Crippen molar-refractivity contribution in [2.45, 2.75) is 26.3 Å². The maximum absolute atomic E-state index is 11.9. The van der Waals surface area contributed by atoms with Gasteiger partial charge in [-0.05, 0) is 37.6 Å². The summed E-state index contributed by atoms with van der Waals surface area (Å²) < 4.78 is 0. The van der Waals surface area contributed by atoms with Crippen LogP contribution in [0, 0.1) is 6.92 Å². The summed E-state index contributed by atoms with van der Waals surface area (Å²) in [4.78, 5) is 12.3. The summed E-state index contributed by atoms with van der Waals surface area (Å²) in [7, 11) is 0. The Kier molecular flexibility index (Phi) is 4.45. The molecule has 1 unspecified atom stereocenters. The zero-order valence-corrected chi connectivity index (χ0v) is 10.7. The first kappa shape index (κ1) is 13.4. The quantitative estimate of drug-likeness (QED) is 0.710. The number of phenols is 1. The average Bonchev–Trinajstić information content (AvgIpc) is 2.15. The van der Waals surface area contributed by atoms with Crippen LogP contribution in [0.3, 0.4) is 0 Å². The Morgan fingerprint density at radius 2 is 2.24 bits per heavy atom. The molecule has 4 nitrogen and oxygen atoms in total.